The van der Waals surface area contributed by atoms with Crippen LogP contribution in [0.1, 0.15) is 22.4 Å². The fourth-order valence-corrected chi connectivity index (χ4v) is 3.57. The summed E-state index contributed by atoms with van der Waals surface area (Å²) in [6, 6.07) is 9.20. The van der Waals surface area contributed by atoms with E-state index < -0.39 is 11.7 Å². The molecule has 0 saturated heterocycles. The van der Waals surface area contributed by atoms with E-state index in [0.717, 1.165) is 35.5 Å². The van der Waals surface area contributed by atoms with Crippen LogP contribution in [-0.2, 0) is 25.7 Å². The van der Waals surface area contributed by atoms with Gasteiger partial charge in [-0.05, 0) is 29.8 Å². The molecule has 0 aliphatic carbocycles. The molecular formula is C21H16ClF4N3. The van der Waals surface area contributed by atoms with E-state index in [2.05, 4.69) is 14.9 Å². The Kier molecular flexibility index (Phi) is 5.27. The zero-order chi connectivity index (χ0) is 20.6. The lowest BCUT2D eigenvalue weighted by atomic mass is 10.1. The third kappa shape index (κ3) is 4.41. The van der Waals surface area contributed by atoms with Gasteiger partial charge in [0, 0.05) is 48.4 Å². The molecule has 0 N–H and O–H groups in total. The summed E-state index contributed by atoms with van der Waals surface area (Å²) in [7, 11) is 0. The van der Waals surface area contributed by atoms with Crippen molar-refractivity contribution in [3.05, 3.63) is 81.9 Å². The van der Waals surface area contributed by atoms with Gasteiger partial charge in [0.1, 0.15) is 5.82 Å². The van der Waals surface area contributed by atoms with Crippen molar-refractivity contribution in [1.82, 2.24) is 14.9 Å². The first-order chi connectivity index (χ1) is 13.8. The van der Waals surface area contributed by atoms with Crippen LogP contribution in [0.4, 0.5) is 17.6 Å². The van der Waals surface area contributed by atoms with Gasteiger partial charge in [0.2, 0.25) is 0 Å². The first-order valence-electron chi connectivity index (χ1n) is 8.98. The molecule has 0 radical (unpaired) electrons. The highest BCUT2D eigenvalue weighted by atomic mass is 35.5. The number of rotatable bonds is 3. The average Bonchev–Trinajstić information content (AvgIpc) is 2.69. The summed E-state index contributed by atoms with van der Waals surface area (Å²) in [5, 5.41) is 0.393. The predicted molar refractivity (Wildman–Crippen MR) is 102 cm³/mol. The molecule has 8 heteroatoms. The molecule has 1 aliphatic rings. The molecule has 0 fully saturated rings. The van der Waals surface area contributed by atoms with Gasteiger partial charge >= 0.3 is 6.18 Å². The van der Waals surface area contributed by atoms with E-state index in [1.807, 2.05) is 0 Å². The first kappa shape index (κ1) is 19.8. The van der Waals surface area contributed by atoms with Crippen LogP contribution < -0.4 is 0 Å². The van der Waals surface area contributed by atoms with Gasteiger partial charge in [0.25, 0.3) is 0 Å². The lowest BCUT2D eigenvalue weighted by molar-refractivity contribution is -0.137. The van der Waals surface area contributed by atoms with E-state index in [4.69, 9.17) is 11.6 Å². The third-order valence-electron chi connectivity index (χ3n) is 4.89. The second-order valence-electron chi connectivity index (χ2n) is 6.94. The lowest BCUT2D eigenvalue weighted by Crippen LogP contribution is -2.31. The molecule has 0 amide bonds. The Hall–Kier alpha value is -2.51. The van der Waals surface area contributed by atoms with Gasteiger partial charge in [0.15, 0.2) is 5.82 Å². The van der Waals surface area contributed by atoms with Crippen LogP contribution >= 0.6 is 11.6 Å². The Morgan fingerprint density at radius 3 is 2.52 bits per heavy atom. The van der Waals surface area contributed by atoms with Crippen molar-refractivity contribution in [2.45, 2.75) is 25.7 Å². The van der Waals surface area contributed by atoms with E-state index in [1.165, 1.54) is 24.3 Å². The summed E-state index contributed by atoms with van der Waals surface area (Å²) < 4.78 is 51.4. The van der Waals surface area contributed by atoms with Crippen LogP contribution in [0, 0.1) is 5.82 Å². The fraction of sp³-hybridized carbons (Fsp3) is 0.238. The van der Waals surface area contributed by atoms with Gasteiger partial charge in [-0.2, -0.15) is 13.2 Å². The molecule has 29 heavy (non-hydrogen) atoms. The molecule has 0 atom stereocenters. The molecule has 1 aromatic heterocycles. The molecule has 0 spiro atoms. The van der Waals surface area contributed by atoms with Crippen molar-refractivity contribution in [3.63, 3.8) is 0 Å². The molecule has 4 rings (SSSR count). The zero-order valence-corrected chi connectivity index (χ0v) is 15.9. The summed E-state index contributed by atoms with van der Waals surface area (Å²) >= 11 is 6.12. The van der Waals surface area contributed by atoms with Crippen molar-refractivity contribution < 1.29 is 17.6 Å². The largest absolute Gasteiger partial charge is 0.416 e. The highest BCUT2D eigenvalue weighted by Gasteiger charge is 2.30. The fourth-order valence-electron chi connectivity index (χ4n) is 3.35. The monoisotopic (exact) mass is 421 g/mol. The van der Waals surface area contributed by atoms with E-state index in [9.17, 15) is 17.6 Å². The van der Waals surface area contributed by atoms with E-state index in [0.29, 0.717) is 35.9 Å². The predicted octanol–water partition coefficient (Wildman–Crippen LogP) is 5.51. The first-order valence-corrected chi connectivity index (χ1v) is 9.36. The zero-order valence-electron chi connectivity index (χ0n) is 15.2. The van der Waals surface area contributed by atoms with Gasteiger partial charge < -0.3 is 0 Å². The van der Waals surface area contributed by atoms with Gasteiger partial charge in [0.05, 0.1) is 11.3 Å². The Balaban J connectivity index is 1.50. The lowest BCUT2D eigenvalue weighted by Gasteiger charge is -2.28. The van der Waals surface area contributed by atoms with Gasteiger partial charge in [-0.25, -0.2) is 14.4 Å². The molecular weight excluding hydrogens is 406 g/mol. The highest BCUT2D eigenvalue weighted by molar-refractivity contribution is 6.31. The normalized spacial score (nSPS) is 14.7. The van der Waals surface area contributed by atoms with E-state index >= 15 is 0 Å². The van der Waals surface area contributed by atoms with Crippen molar-refractivity contribution in [3.8, 4) is 11.4 Å². The van der Waals surface area contributed by atoms with Gasteiger partial charge in [-0.1, -0.05) is 29.8 Å². The summed E-state index contributed by atoms with van der Waals surface area (Å²) in [6.07, 6.45) is -1.97. The van der Waals surface area contributed by atoms with Crippen LogP contribution in [0.25, 0.3) is 11.4 Å². The average molecular weight is 422 g/mol. The second-order valence-corrected chi connectivity index (χ2v) is 7.34. The summed E-state index contributed by atoms with van der Waals surface area (Å²) in [5.41, 5.74) is 2.54. The number of benzene rings is 2. The standard InChI is InChI=1S/C21H16ClF4N3/c22-18-9-17(23)6-3-14(18)11-29-8-7-19-15(12-29)10-27-20(28-19)13-1-4-16(5-2-13)21(24,25)26/h1-6,9-10H,7-8,11-12H2. The van der Waals surface area contributed by atoms with Crippen molar-refractivity contribution in [2.24, 2.45) is 0 Å². The van der Waals surface area contributed by atoms with Crippen LogP contribution in [0.5, 0.6) is 0 Å². The Bertz CT molecular complexity index is 1040. The van der Waals surface area contributed by atoms with Crippen LogP contribution in [0.2, 0.25) is 5.02 Å². The van der Waals surface area contributed by atoms with Crippen molar-refractivity contribution >= 4 is 11.6 Å². The van der Waals surface area contributed by atoms with Crippen LogP contribution in [0.15, 0.2) is 48.7 Å². The van der Waals surface area contributed by atoms with Gasteiger partial charge in [-0.3, -0.25) is 4.90 Å². The maximum atomic E-state index is 13.2. The molecule has 3 nitrogen and oxygen atoms in total. The summed E-state index contributed by atoms with van der Waals surface area (Å²) in [5.74, 6) is 0.0411. The smallest absolute Gasteiger partial charge is 0.294 e. The van der Waals surface area contributed by atoms with Crippen molar-refractivity contribution in [2.75, 3.05) is 6.54 Å². The minimum Gasteiger partial charge on any atom is -0.294 e. The topological polar surface area (TPSA) is 29.0 Å². The molecule has 0 bridgehead atoms. The van der Waals surface area contributed by atoms with E-state index in [-0.39, 0.29) is 5.82 Å². The van der Waals surface area contributed by atoms with Crippen LogP contribution in [0.3, 0.4) is 0 Å². The van der Waals surface area contributed by atoms with Crippen LogP contribution in [-0.4, -0.2) is 21.4 Å². The minimum atomic E-state index is -4.37. The highest BCUT2D eigenvalue weighted by Crippen LogP contribution is 2.31. The molecule has 2 aromatic carbocycles. The molecule has 0 saturated carbocycles. The Labute approximate surface area is 170 Å². The number of halogens is 5. The second kappa shape index (κ2) is 7.72. The van der Waals surface area contributed by atoms with E-state index in [1.54, 1.807) is 12.3 Å². The van der Waals surface area contributed by atoms with Gasteiger partial charge in [-0.15, -0.1) is 0 Å². The number of hydrogen-bond donors (Lipinski definition) is 0. The molecule has 2 heterocycles. The summed E-state index contributed by atoms with van der Waals surface area (Å²) in [4.78, 5) is 11.1. The number of alkyl halides is 3. The maximum absolute atomic E-state index is 13.2. The Morgan fingerprint density at radius 2 is 1.83 bits per heavy atom. The minimum absolute atomic E-state index is 0.369. The summed E-state index contributed by atoms with van der Waals surface area (Å²) in [6.45, 7) is 1.94. The molecule has 3 aromatic rings. The molecule has 1 aliphatic heterocycles. The maximum Gasteiger partial charge on any atom is 0.416 e. The SMILES string of the molecule is Fc1ccc(CN2CCc3nc(-c4ccc(C(F)(F)F)cc4)ncc3C2)c(Cl)c1. The Morgan fingerprint density at radius 1 is 1.07 bits per heavy atom. The molecule has 150 valence electrons. The third-order valence-corrected chi connectivity index (χ3v) is 5.24. The number of nitrogens with zero attached hydrogens (tertiary/aromatic N) is 3. The van der Waals surface area contributed by atoms with Crippen molar-refractivity contribution in [1.29, 1.82) is 0 Å². The number of fused-ring (bicyclic) bond motifs is 1. The quantitative estimate of drug-likeness (QED) is 0.522. The number of aromatic nitrogens is 2. The molecule has 0 unspecified atom stereocenters. The number of hydrogen-bond acceptors (Lipinski definition) is 3.